The first-order valence-corrected chi connectivity index (χ1v) is 5.08. The Kier molecular flexibility index (Phi) is 4.37. The molecular formula is C10H14ClN3O. The van der Waals surface area contributed by atoms with Crippen molar-refractivity contribution < 1.29 is 4.79 Å². The molecule has 1 atom stereocenters. The Morgan fingerprint density at radius 1 is 1.67 bits per heavy atom. The number of pyridine rings is 1. The minimum Gasteiger partial charge on any atom is -0.382 e. The van der Waals surface area contributed by atoms with Crippen LogP contribution in [0.25, 0.3) is 0 Å². The van der Waals surface area contributed by atoms with Crippen LogP contribution < -0.4 is 10.6 Å². The van der Waals surface area contributed by atoms with Crippen LogP contribution >= 0.6 is 11.6 Å². The topological polar surface area (TPSA) is 54.0 Å². The van der Waals surface area contributed by atoms with Crippen LogP contribution in [-0.2, 0) is 4.79 Å². The number of hydrogen-bond acceptors (Lipinski definition) is 3. The second-order valence-electron chi connectivity index (χ2n) is 3.29. The van der Waals surface area contributed by atoms with E-state index in [1.54, 1.807) is 19.3 Å². The van der Waals surface area contributed by atoms with E-state index in [-0.39, 0.29) is 11.9 Å². The van der Waals surface area contributed by atoms with Gasteiger partial charge in [0.15, 0.2) is 0 Å². The lowest BCUT2D eigenvalue weighted by Gasteiger charge is -2.14. The third-order valence-electron chi connectivity index (χ3n) is 1.91. The summed E-state index contributed by atoms with van der Waals surface area (Å²) >= 11 is 5.73. The summed E-state index contributed by atoms with van der Waals surface area (Å²) in [5, 5.41) is 6.18. The lowest BCUT2D eigenvalue weighted by Crippen LogP contribution is -2.26. The number of anilines is 1. The minimum atomic E-state index is 0.00940. The highest BCUT2D eigenvalue weighted by Gasteiger charge is 2.07. The van der Waals surface area contributed by atoms with Gasteiger partial charge >= 0.3 is 0 Å². The third-order valence-corrected chi connectivity index (χ3v) is 2.12. The molecule has 0 aliphatic carbocycles. The fourth-order valence-corrected chi connectivity index (χ4v) is 1.38. The van der Waals surface area contributed by atoms with Gasteiger partial charge in [0.2, 0.25) is 5.91 Å². The van der Waals surface area contributed by atoms with Gasteiger partial charge in [0, 0.05) is 31.4 Å². The molecule has 82 valence electrons. The van der Waals surface area contributed by atoms with Gasteiger partial charge in [0.05, 0.1) is 0 Å². The third kappa shape index (κ3) is 4.16. The first-order valence-electron chi connectivity index (χ1n) is 4.70. The van der Waals surface area contributed by atoms with Crippen LogP contribution in [0.2, 0.25) is 5.15 Å². The number of halogens is 1. The summed E-state index contributed by atoms with van der Waals surface area (Å²) in [6, 6.07) is 3.59. The van der Waals surface area contributed by atoms with Crippen LogP contribution in [-0.4, -0.2) is 24.0 Å². The molecule has 0 fully saturated rings. The normalized spacial score (nSPS) is 11.9. The predicted molar refractivity (Wildman–Crippen MR) is 61.0 cm³/mol. The second-order valence-corrected chi connectivity index (χ2v) is 3.68. The molecule has 1 amide bonds. The molecule has 0 radical (unpaired) electrons. The van der Waals surface area contributed by atoms with Gasteiger partial charge < -0.3 is 10.6 Å². The summed E-state index contributed by atoms with van der Waals surface area (Å²) in [6.07, 6.45) is 2.05. The standard InChI is InChI=1S/C10H14ClN3O/c1-7(5-10(15)12-2)14-8-3-4-13-9(11)6-8/h3-4,6-7H,5H2,1-2H3,(H,12,15)(H,13,14). The number of rotatable bonds is 4. The van der Waals surface area contributed by atoms with E-state index in [4.69, 9.17) is 11.6 Å². The molecule has 1 aromatic heterocycles. The molecule has 2 N–H and O–H groups in total. The van der Waals surface area contributed by atoms with Gasteiger partial charge in [0.25, 0.3) is 0 Å². The van der Waals surface area contributed by atoms with E-state index in [0.29, 0.717) is 11.6 Å². The second kappa shape index (κ2) is 5.56. The highest BCUT2D eigenvalue weighted by molar-refractivity contribution is 6.29. The van der Waals surface area contributed by atoms with Gasteiger partial charge in [-0.2, -0.15) is 0 Å². The van der Waals surface area contributed by atoms with Crippen molar-refractivity contribution in [2.24, 2.45) is 0 Å². The van der Waals surface area contributed by atoms with Gasteiger partial charge in [0.1, 0.15) is 5.15 Å². The van der Waals surface area contributed by atoms with Gasteiger partial charge in [-0.25, -0.2) is 4.98 Å². The summed E-state index contributed by atoms with van der Waals surface area (Å²) in [6.45, 7) is 1.93. The maximum absolute atomic E-state index is 11.1. The highest BCUT2D eigenvalue weighted by atomic mass is 35.5. The minimum absolute atomic E-state index is 0.00940. The van der Waals surface area contributed by atoms with E-state index < -0.39 is 0 Å². The number of nitrogens with one attached hydrogen (secondary N) is 2. The highest BCUT2D eigenvalue weighted by Crippen LogP contribution is 2.13. The zero-order valence-electron chi connectivity index (χ0n) is 8.75. The number of aromatic nitrogens is 1. The molecule has 0 spiro atoms. The lowest BCUT2D eigenvalue weighted by atomic mass is 10.2. The van der Waals surface area contributed by atoms with Gasteiger partial charge in [-0.05, 0) is 19.1 Å². The predicted octanol–water partition coefficient (Wildman–Crippen LogP) is 1.67. The number of carbonyl (C=O) groups excluding carboxylic acids is 1. The van der Waals surface area contributed by atoms with Crippen molar-refractivity contribution >= 4 is 23.2 Å². The van der Waals surface area contributed by atoms with Crippen LogP contribution in [0.3, 0.4) is 0 Å². The largest absolute Gasteiger partial charge is 0.382 e. The summed E-state index contributed by atoms with van der Waals surface area (Å²) in [4.78, 5) is 15.0. The SMILES string of the molecule is CNC(=O)CC(C)Nc1ccnc(Cl)c1. The Balaban J connectivity index is 2.51. The average Bonchev–Trinajstić information content (AvgIpc) is 2.17. The number of carbonyl (C=O) groups is 1. The number of amides is 1. The molecule has 0 saturated carbocycles. The number of hydrogen-bond donors (Lipinski definition) is 2. The quantitative estimate of drug-likeness (QED) is 0.770. The fraction of sp³-hybridized carbons (Fsp3) is 0.400. The number of nitrogens with zero attached hydrogens (tertiary/aromatic N) is 1. The Labute approximate surface area is 94.0 Å². The van der Waals surface area contributed by atoms with E-state index in [1.807, 2.05) is 13.0 Å². The molecule has 15 heavy (non-hydrogen) atoms. The van der Waals surface area contributed by atoms with Crippen LogP contribution in [0.15, 0.2) is 18.3 Å². The molecule has 1 aromatic rings. The molecule has 0 aliphatic rings. The Morgan fingerprint density at radius 3 is 3.00 bits per heavy atom. The van der Waals surface area contributed by atoms with Gasteiger partial charge in [-0.1, -0.05) is 11.6 Å². The molecule has 0 aromatic carbocycles. The molecule has 4 nitrogen and oxygen atoms in total. The molecule has 5 heteroatoms. The summed E-state index contributed by atoms with van der Waals surface area (Å²) in [5.74, 6) is 0.00940. The molecule has 0 aliphatic heterocycles. The van der Waals surface area contributed by atoms with Crippen LogP contribution in [0.1, 0.15) is 13.3 Å². The summed E-state index contributed by atoms with van der Waals surface area (Å²) in [5.41, 5.74) is 0.867. The Bertz CT molecular complexity index is 343. The van der Waals surface area contributed by atoms with Crippen LogP contribution in [0.5, 0.6) is 0 Å². The van der Waals surface area contributed by atoms with Crippen molar-refractivity contribution in [1.29, 1.82) is 0 Å². The van der Waals surface area contributed by atoms with E-state index in [2.05, 4.69) is 15.6 Å². The van der Waals surface area contributed by atoms with Gasteiger partial charge in [-0.3, -0.25) is 4.79 Å². The molecule has 1 heterocycles. The zero-order chi connectivity index (χ0) is 11.3. The molecule has 1 rings (SSSR count). The van der Waals surface area contributed by atoms with Crippen LogP contribution in [0.4, 0.5) is 5.69 Å². The van der Waals surface area contributed by atoms with E-state index >= 15 is 0 Å². The molecule has 1 unspecified atom stereocenters. The van der Waals surface area contributed by atoms with Crippen molar-refractivity contribution in [3.05, 3.63) is 23.5 Å². The smallest absolute Gasteiger partial charge is 0.221 e. The molecule has 0 saturated heterocycles. The molecule has 0 bridgehead atoms. The monoisotopic (exact) mass is 227 g/mol. The zero-order valence-corrected chi connectivity index (χ0v) is 9.51. The first kappa shape index (κ1) is 11.8. The van der Waals surface area contributed by atoms with E-state index in [0.717, 1.165) is 5.69 Å². The molecular weight excluding hydrogens is 214 g/mol. The Morgan fingerprint density at radius 2 is 2.40 bits per heavy atom. The van der Waals surface area contributed by atoms with Crippen molar-refractivity contribution in [3.63, 3.8) is 0 Å². The van der Waals surface area contributed by atoms with E-state index in [1.165, 1.54) is 0 Å². The van der Waals surface area contributed by atoms with Crippen molar-refractivity contribution in [2.45, 2.75) is 19.4 Å². The average molecular weight is 228 g/mol. The fourth-order valence-electron chi connectivity index (χ4n) is 1.21. The van der Waals surface area contributed by atoms with Crippen molar-refractivity contribution in [3.8, 4) is 0 Å². The van der Waals surface area contributed by atoms with Gasteiger partial charge in [-0.15, -0.1) is 0 Å². The van der Waals surface area contributed by atoms with Crippen molar-refractivity contribution in [1.82, 2.24) is 10.3 Å². The maximum atomic E-state index is 11.1. The maximum Gasteiger partial charge on any atom is 0.221 e. The van der Waals surface area contributed by atoms with E-state index in [9.17, 15) is 4.79 Å². The first-order chi connectivity index (χ1) is 7.11. The summed E-state index contributed by atoms with van der Waals surface area (Å²) < 4.78 is 0. The summed E-state index contributed by atoms with van der Waals surface area (Å²) in [7, 11) is 1.62. The van der Waals surface area contributed by atoms with Crippen LogP contribution in [0, 0.1) is 0 Å². The lowest BCUT2D eigenvalue weighted by molar-refractivity contribution is -0.120. The Hall–Kier alpha value is -1.29. The van der Waals surface area contributed by atoms with Crippen molar-refractivity contribution in [2.75, 3.05) is 12.4 Å².